The number of halogens is 2. The first-order chi connectivity index (χ1) is 9.87. The molecule has 0 unspecified atom stereocenters. The van der Waals surface area contributed by atoms with Crippen LogP contribution in [0.4, 0.5) is 20.2 Å². The molecule has 0 aliphatic carbocycles. The van der Waals surface area contributed by atoms with Gasteiger partial charge in [-0.2, -0.15) is 0 Å². The Morgan fingerprint density at radius 3 is 2.38 bits per heavy atom. The number of nitrogens with two attached hydrogens (primary N) is 1. The van der Waals surface area contributed by atoms with Crippen LogP contribution in [0, 0.1) is 11.6 Å². The maximum atomic E-state index is 13.6. The summed E-state index contributed by atoms with van der Waals surface area (Å²) in [5.41, 5.74) is 5.55. The van der Waals surface area contributed by atoms with Gasteiger partial charge in [-0.1, -0.05) is 30.3 Å². The van der Waals surface area contributed by atoms with Gasteiger partial charge in [-0.15, -0.1) is 0 Å². The van der Waals surface area contributed by atoms with Crippen molar-refractivity contribution in [1.29, 1.82) is 0 Å². The molecule has 0 amide bonds. The highest BCUT2D eigenvalue weighted by atomic mass is 32.2. The van der Waals surface area contributed by atoms with Gasteiger partial charge < -0.3 is 5.73 Å². The van der Waals surface area contributed by atoms with E-state index in [1.54, 1.807) is 24.3 Å². The topological polar surface area (TPSA) is 72.2 Å². The van der Waals surface area contributed by atoms with Gasteiger partial charge in [0.05, 0.1) is 11.4 Å². The van der Waals surface area contributed by atoms with E-state index in [0.717, 1.165) is 11.6 Å². The van der Waals surface area contributed by atoms with E-state index < -0.39 is 27.3 Å². The van der Waals surface area contributed by atoms with Crippen LogP contribution in [0.25, 0.3) is 0 Å². The summed E-state index contributed by atoms with van der Waals surface area (Å²) in [4.78, 5) is 0. The fraction of sp³-hybridized carbons (Fsp3) is 0.143. The Kier molecular flexibility index (Phi) is 4.42. The number of nitrogens with one attached hydrogen (secondary N) is 1. The number of hydrogen-bond acceptors (Lipinski definition) is 3. The smallest absolute Gasteiger partial charge is 0.233 e. The number of aryl methyl sites for hydroxylation is 1. The van der Waals surface area contributed by atoms with Crippen molar-refractivity contribution >= 4 is 21.4 Å². The van der Waals surface area contributed by atoms with Crippen molar-refractivity contribution in [3.63, 3.8) is 0 Å². The highest BCUT2D eigenvalue weighted by molar-refractivity contribution is 7.92. The Labute approximate surface area is 121 Å². The molecule has 7 heteroatoms. The molecule has 0 atom stereocenters. The molecule has 2 aromatic carbocycles. The van der Waals surface area contributed by atoms with Gasteiger partial charge in [-0.05, 0) is 18.1 Å². The molecule has 0 bridgehead atoms. The third kappa shape index (κ3) is 4.16. The molecule has 0 fully saturated rings. The van der Waals surface area contributed by atoms with E-state index in [2.05, 4.69) is 4.72 Å². The van der Waals surface area contributed by atoms with E-state index in [1.165, 1.54) is 0 Å². The molecule has 0 saturated carbocycles. The van der Waals surface area contributed by atoms with E-state index in [-0.39, 0.29) is 17.9 Å². The van der Waals surface area contributed by atoms with Gasteiger partial charge in [0.15, 0.2) is 5.82 Å². The Morgan fingerprint density at radius 1 is 1.10 bits per heavy atom. The lowest BCUT2D eigenvalue weighted by Gasteiger charge is -2.11. The lowest BCUT2D eigenvalue weighted by atomic mass is 10.2. The average molecular weight is 312 g/mol. The van der Waals surface area contributed by atoms with Gasteiger partial charge in [-0.3, -0.25) is 4.72 Å². The van der Waals surface area contributed by atoms with Gasteiger partial charge in [0, 0.05) is 6.07 Å². The fourth-order valence-electron chi connectivity index (χ4n) is 1.80. The van der Waals surface area contributed by atoms with Crippen molar-refractivity contribution in [2.24, 2.45) is 0 Å². The summed E-state index contributed by atoms with van der Waals surface area (Å²) in [6.45, 7) is 0. The number of rotatable bonds is 5. The minimum Gasteiger partial charge on any atom is -0.397 e. The highest BCUT2D eigenvalue weighted by Crippen LogP contribution is 2.25. The van der Waals surface area contributed by atoms with Crippen LogP contribution in [-0.4, -0.2) is 14.2 Å². The Bertz CT molecular complexity index is 711. The molecule has 2 aromatic rings. The van der Waals surface area contributed by atoms with E-state index in [1.807, 2.05) is 6.07 Å². The molecule has 0 aliphatic rings. The Balaban J connectivity index is 2.11. The lowest BCUT2D eigenvalue weighted by Crippen LogP contribution is -2.20. The first kappa shape index (κ1) is 15.2. The van der Waals surface area contributed by atoms with Crippen molar-refractivity contribution in [1.82, 2.24) is 0 Å². The van der Waals surface area contributed by atoms with Crippen LogP contribution >= 0.6 is 0 Å². The molecule has 112 valence electrons. The van der Waals surface area contributed by atoms with Crippen LogP contribution in [0.5, 0.6) is 0 Å². The summed E-state index contributed by atoms with van der Waals surface area (Å²) >= 11 is 0. The SMILES string of the molecule is Nc1cc(F)cc(F)c1NS(=O)(=O)CCc1ccccc1. The number of hydrogen-bond donors (Lipinski definition) is 2. The number of sulfonamides is 1. The van der Waals surface area contributed by atoms with Gasteiger partial charge in [0.2, 0.25) is 10.0 Å². The molecule has 2 rings (SSSR count). The molecule has 0 spiro atoms. The standard InChI is InChI=1S/C14H14F2N2O2S/c15-11-8-12(16)14(13(17)9-11)18-21(19,20)7-6-10-4-2-1-3-5-10/h1-5,8-9,18H,6-7,17H2. The molecule has 21 heavy (non-hydrogen) atoms. The molecular weight excluding hydrogens is 298 g/mol. The second-order valence-electron chi connectivity index (χ2n) is 4.51. The summed E-state index contributed by atoms with van der Waals surface area (Å²) in [5, 5.41) is 0. The Morgan fingerprint density at radius 2 is 1.76 bits per heavy atom. The predicted octanol–water partition coefficient (Wildman–Crippen LogP) is 2.53. The summed E-state index contributed by atoms with van der Waals surface area (Å²) in [6, 6.07) is 10.4. The maximum Gasteiger partial charge on any atom is 0.233 e. The van der Waals surface area contributed by atoms with Crippen LogP contribution in [0.2, 0.25) is 0 Å². The van der Waals surface area contributed by atoms with Crippen molar-refractivity contribution in [2.75, 3.05) is 16.2 Å². The summed E-state index contributed by atoms with van der Waals surface area (Å²) in [7, 11) is -3.78. The zero-order valence-electron chi connectivity index (χ0n) is 11.0. The monoisotopic (exact) mass is 312 g/mol. The molecule has 0 radical (unpaired) electrons. The van der Waals surface area contributed by atoms with E-state index >= 15 is 0 Å². The molecule has 0 aliphatic heterocycles. The number of nitrogen functional groups attached to an aromatic ring is 1. The minimum atomic E-state index is -3.78. The van der Waals surface area contributed by atoms with Crippen LogP contribution < -0.4 is 10.5 Å². The zero-order valence-corrected chi connectivity index (χ0v) is 11.8. The normalized spacial score (nSPS) is 11.3. The van der Waals surface area contributed by atoms with E-state index in [9.17, 15) is 17.2 Å². The van der Waals surface area contributed by atoms with Gasteiger partial charge in [0.1, 0.15) is 11.5 Å². The third-order valence-electron chi connectivity index (χ3n) is 2.85. The third-order valence-corrected chi connectivity index (χ3v) is 4.10. The largest absolute Gasteiger partial charge is 0.397 e. The second-order valence-corrected chi connectivity index (χ2v) is 6.35. The van der Waals surface area contributed by atoms with Crippen LogP contribution in [0.1, 0.15) is 5.56 Å². The van der Waals surface area contributed by atoms with Crippen LogP contribution in [0.3, 0.4) is 0 Å². The van der Waals surface area contributed by atoms with Crippen molar-refractivity contribution < 1.29 is 17.2 Å². The van der Waals surface area contributed by atoms with Gasteiger partial charge in [-0.25, -0.2) is 17.2 Å². The van der Waals surface area contributed by atoms with Crippen molar-refractivity contribution in [2.45, 2.75) is 6.42 Å². The lowest BCUT2D eigenvalue weighted by molar-refractivity contribution is 0.583. The summed E-state index contributed by atoms with van der Waals surface area (Å²) in [6.07, 6.45) is 0.277. The van der Waals surface area contributed by atoms with Crippen LogP contribution in [0.15, 0.2) is 42.5 Å². The molecular formula is C14H14F2N2O2S. The quantitative estimate of drug-likeness (QED) is 0.833. The van der Waals surface area contributed by atoms with E-state index in [4.69, 9.17) is 5.73 Å². The molecule has 4 nitrogen and oxygen atoms in total. The molecule has 3 N–H and O–H groups in total. The average Bonchev–Trinajstić information content (AvgIpc) is 2.42. The Hall–Kier alpha value is -2.15. The summed E-state index contributed by atoms with van der Waals surface area (Å²) in [5.74, 6) is -2.14. The van der Waals surface area contributed by atoms with Crippen LogP contribution in [-0.2, 0) is 16.4 Å². The number of anilines is 2. The predicted molar refractivity (Wildman–Crippen MR) is 78.3 cm³/mol. The maximum absolute atomic E-state index is 13.6. The molecule has 0 heterocycles. The van der Waals surface area contributed by atoms with E-state index in [0.29, 0.717) is 6.07 Å². The van der Waals surface area contributed by atoms with Gasteiger partial charge >= 0.3 is 0 Å². The summed E-state index contributed by atoms with van der Waals surface area (Å²) < 4.78 is 52.4. The minimum absolute atomic E-state index is 0.229. The van der Waals surface area contributed by atoms with Crippen molar-refractivity contribution in [3.8, 4) is 0 Å². The highest BCUT2D eigenvalue weighted by Gasteiger charge is 2.16. The second kappa shape index (κ2) is 6.09. The van der Waals surface area contributed by atoms with Crippen molar-refractivity contribution in [3.05, 3.63) is 59.7 Å². The number of benzene rings is 2. The molecule has 0 saturated heterocycles. The molecule has 0 aromatic heterocycles. The zero-order chi connectivity index (χ0) is 15.5. The first-order valence-corrected chi connectivity index (χ1v) is 7.81. The fourth-order valence-corrected chi connectivity index (χ4v) is 2.94. The van der Waals surface area contributed by atoms with Gasteiger partial charge in [0.25, 0.3) is 0 Å². The first-order valence-electron chi connectivity index (χ1n) is 6.16.